The molecule has 8 heteroatoms. The number of amides is 2. The van der Waals surface area contributed by atoms with Crippen molar-refractivity contribution in [3.63, 3.8) is 0 Å². The minimum Gasteiger partial charge on any atom is -0.454 e. The van der Waals surface area contributed by atoms with E-state index in [2.05, 4.69) is 27.7 Å². The predicted octanol–water partition coefficient (Wildman–Crippen LogP) is 5.48. The summed E-state index contributed by atoms with van der Waals surface area (Å²) in [5, 5.41) is 2.02. The maximum Gasteiger partial charge on any atom is 0.242 e. The zero-order valence-corrected chi connectivity index (χ0v) is 23.4. The standard InChI is InChI=1S/C29H40N2O5S/c1-21(15-29(2,3)4)13-27(32)31(17-23-7-5-11-34-23)19-28(33)30(18-24-8-6-12-37-24)16-22-9-10-25-26(14-22)36-20-35-25/h6,8-10,12,14,21,23H,5,7,11,13,15-20H2,1-4H3. The third kappa shape index (κ3) is 8.20. The van der Waals surface area contributed by atoms with Crippen LogP contribution in [-0.4, -0.2) is 54.2 Å². The Kier molecular flexibility index (Phi) is 9.13. The molecule has 7 nitrogen and oxygen atoms in total. The van der Waals surface area contributed by atoms with Crippen molar-refractivity contribution in [1.82, 2.24) is 9.80 Å². The minimum absolute atomic E-state index is 0.00530. The highest BCUT2D eigenvalue weighted by molar-refractivity contribution is 7.09. The van der Waals surface area contributed by atoms with Gasteiger partial charge < -0.3 is 24.0 Å². The largest absolute Gasteiger partial charge is 0.454 e. The first-order valence-electron chi connectivity index (χ1n) is 13.2. The number of carbonyl (C=O) groups is 2. The van der Waals surface area contributed by atoms with Crippen molar-refractivity contribution in [2.75, 3.05) is 26.5 Å². The average molecular weight is 529 g/mol. The molecule has 0 radical (unpaired) electrons. The summed E-state index contributed by atoms with van der Waals surface area (Å²) >= 11 is 1.63. The Morgan fingerprint density at radius 3 is 2.59 bits per heavy atom. The van der Waals surface area contributed by atoms with E-state index >= 15 is 0 Å². The Morgan fingerprint density at radius 2 is 1.89 bits per heavy atom. The van der Waals surface area contributed by atoms with Gasteiger partial charge in [-0.3, -0.25) is 9.59 Å². The van der Waals surface area contributed by atoms with Crippen LogP contribution in [-0.2, 0) is 27.4 Å². The fraction of sp³-hybridized carbons (Fsp3) is 0.586. The third-order valence-electron chi connectivity index (χ3n) is 6.70. The molecule has 0 bridgehead atoms. The van der Waals surface area contributed by atoms with Crippen LogP contribution in [0.5, 0.6) is 11.5 Å². The lowest BCUT2D eigenvalue weighted by atomic mass is 9.84. The van der Waals surface area contributed by atoms with Gasteiger partial charge in [0.05, 0.1) is 19.2 Å². The van der Waals surface area contributed by atoms with Gasteiger partial charge in [-0.1, -0.05) is 39.8 Å². The van der Waals surface area contributed by atoms with Crippen LogP contribution in [0.15, 0.2) is 35.7 Å². The van der Waals surface area contributed by atoms with E-state index in [-0.39, 0.29) is 42.6 Å². The van der Waals surface area contributed by atoms with Crippen molar-refractivity contribution in [1.29, 1.82) is 0 Å². The highest BCUT2D eigenvalue weighted by atomic mass is 32.1. The second-order valence-electron chi connectivity index (χ2n) is 11.5. The van der Waals surface area contributed by atoms with Gasteiger partial charge in [0.1, 0.15) is 0 Å². The van der Waals surface area contributed by atoms with Gasteiger partial charge in [0.15, 0.2) is 11.5 Å². The molecule has 0 saturated carbocycles. The van der Waals surface area contributed by atoms with Crippen molar-refractivity contribution in [2.45, 2.75) is 72.6 Å². The summed E-state index contributed by atoms with van der Waals surface area (Å²) in [5.41, 5.74) is 1.11. The van der Waals surface area contributed by atoms with Gasteiger partial charge in [0.25, 0.3) is 0 Å². The van der Waals surface area contributed by atoms with E-state index in [0.717, 1.165) is 42.1 Å². The van der Waals surface area contributed by atoms with Crippen molar-refractivity contribution in [3.05, 3.63) is 46.2 Å². The Morgan fingerprint density at radius 1 is 1.08 bits per heavy atom. The number of fused-ring (bicyclic) bond motifs is 1. The van der Waals surface area contributed by atoms with Gasteiger partial charge in [-0.05, 0) is 59.7 Å². The molecule has 1 fully saturated rings. The summed E-state index contributed by atoms with van der Waals surface area (Å²) in [6.45, 7) is 11.1. The summed E-state index contributed by atoms with van der Waals surface area (Å²) in [6.07, 6.45) is 3.30. The Hall–Kier alpha value is -2.58. The molecule has 4 rings (SSSR count). The highest BCUT2D eigenvalue weighted by Crippen LogP contribution is 2.33. The second-order valence-corrected chi connectivity index (χ2v) is 12.5. The molecule has 202 valence electrons. The molecule has 2 aliphatic rings. The normalized spacial score (nSPS) is 17.6. The predicted molar refractivity (Wildman–Crippen MR) is 145 cm³/mol. The van der Waals surface area contributed by atoms with Gasteiger partial charge in [-0.2, -0.15) is 0 Å². The number of hydrogen-bond acceptors (Lipinski definition) is 6. The molecule has 2 atom stereocenters. The summed E-state index contributed by atoms with van der Waals surface area (Å²) in [7, 11) is 0. The molecule has 37 heavy (non-hydrogen) atoms. The Bertz CT molecular complexity index is 1040. The second kappa shape index (κ2) is 12.3. The van der Waals surface area contributed by atoms with Crippen LogP contribution >= 0.6 is 11.3 Å². The number of nitrogens with zero attached hydrogens (tertiary/aromatic N) is 2. The van der Waals surface area contributed by atoms with Gasteiger partial charge in [-0.15, -0.1) is 11.3 Å². The third-order valence-corrected chi connectivity index (χ3v) is 7.56. The summed E-state index contributed by atoms with van der Waals surface area (Å²) in [4.78, 5) is 31.9. The molecular weight excluding hydrogens is 488 g/mol. The molecule has 2 amide bonds. The summed E-state index contributed by atoms with van der Waals surface area (Å²) in [5.74, 6) is 1.62. The first-order chi connectivity index (χ1) is 17.7. The van der Waals surface area contributed by atoms with Crippen LogP contribution in [0, 0.1) is 11.3 Å². The maximum absolute atomic E-state index is 13.8. The lowest BCUT2D eigenvalue weighted by Crippen LogP contribution is -2.45. The monoisotopic (exact) mass is 528 g/mol. The molecule has 3 heterocycles. The fourth-order valence-corrected chi connectivity index (χ4v) is 5.90. The topological polar surface area (TPSA) is 68.3 Å². The Balaban J connectivity index is 1.48. The molecule has 2 aliphatic heterocycles. The lowest BCUT2D eigenvalue weighted by Gasteiger charge is -2.30. The number of rotatable bonds is 11. The molecule has 1 saturated heterocycles. The van der Waals surface area contributed by atoms with E-state index in [1.54, 1.807) is 16.2 Å². The number of ether oxygens (including phenoxy) is 3. The van der Waals surface area contributed by atoms with Gasteiger partial charge in [-0.25, -0.2) is 0 Å². The van der Waals surface area contributed by atoms with E-state index in [1.165, 1.54) is 0 Å². The number of carbonyl (C=O) groups excluding carboxylic acids is 2. The molecule has 2 aromatic rings. The van der Waals surface area contributed by atoms with E-state index in [0.29, 0.717) is 31.8 Å². The number of hydrogen-bond donors (Lipinski definition) is 0. The molecule has 0 N–H and O–H groups in total. The first-order valence-corrected chi connectivity index (χ1v) is 14.1. The minimum atomic E-state index is -0.0686. The lowest BCUT2D eigenvalue weighted by molar-refractivity contribution is -0.143. The van der Waals surface area contributed by atoms with E-state index < -0.39 is 0 Å². The number of benzene rings is 1. The van der Waals surface area contributed by atoms with E-state index in [9.17, 15) is 9.59 Å². The molecular formula is C29H40N2O5S. The fourth-order valence-electron chi connectivity index (χ4n) is 5.18. The van der Waals surface area contributed by atoms with Gasteiger partial charge >= 0.3 is 0 Å². The van der Waals surface area contributed by atoms with Gasteiger partial charge in [0.2, 0.25) is 18.6 Å². The van der Waals surface area contributed by atoms with E-state index in [1.807, 2.05) is 40.6 Å². The first kappa shape index (κ1) is 27.5. The van der Waals surface area contributed by atoms with Crippen LogP contribution in [0.25, 0.3) is 0 Å². The quantitative estimate of drug-likeness (QED) is 0.387. The van der Waals surface area contributed by atoms with Crippen molar-refractivity contribution < 1.29 is 23.8 Å². The molecule has 2 unspecified atom stereocenters. The SMILES string of the molecule is CC(CC(=O)N(CC(=O)N(Cc1ccc2c(c1)OCO2)Cc1cccs1)CC1CCCO1)CC(C)(C)C. The molecule has 0 aliphatic carbocycles. The van der Waals surface area contributed by atoms with Crippen LogP contribution < -0.4 is 9.47 Å². The van der Waals surface area contributed by atoms with Crippen LogP contribution in [0.4, 0.5) is 0 Å². The van der Waals surface area contributed by atoms with Crippen molar-refractivity contribution in [2.24, 2.45) is 11.3 Å². The van der Waals surface area contributed by atoms with Crippen molar-refractivity contribution >= 4 is 23.2 Å². The molecule has 1 aromatic heterocycles. The molecule has 0 spiro atoms. The van der Waals surface area contributed by atoms with Crippen LogP contribution in [0.2, 0.25) is 0 Å². The highest BCUT2D eigenvalue weighted by Gasteiger charge is 2.28. The average Bonchev–Trinajstić information content (AvgIpc) is 3.59. The summed E-state index contributed by atoms with van der Waals surface area (Å²) in [6, 6.07) is 9.81. The van der Waals surface area contributed by atoms with Gasteiger partial charge in [0, 0.05) is 31.0 Å². The van der Waals surface area contributed by atoms with Crippen molar-refractivity contribution in [3.8, 4) is 11.5 Å². The zero-order valence-electron chi connectivity index (χ0n) is 22.5. The zero-order chi connectivity index (χ0) is 26.4. The maximum atomic E-state index is 13.8. The van der Waals surface area contributed by atoms with Crippen LogP contribution in [0.3, 0.4) is 0 Å². The summed E-state index contributed by atoms with van der Waals surface area (Å²) < 4.78 is 16.8. The number of thiophene rings is 1. The van der Waals surface area contributed by atoms with Crippen LogP contribution in [0.1, 0.15) is 63.8 Å². The Labute approximate surface area is 224 Å². The smallest absolute Gasteiger partial charge is 0.242 e. The van der Waals surface area contributed by atoms with E-state index in [4.69, 9.17) is 14.2 Å². The molecule has 1 aromatic carbocycles.